The molecule has 0 heterocycles. The molecule has 0 radical (unpaired) electrons. The maximum atomic E-state index is 12.2. The van der Waals surface area contributed by atoms with Crippen LogP contribution in [0.2, 0.25) is 0 Å². The summed E-state index contributed by atoms with van der Waals surface area (Å²) in [5.74, 6) is 2.55. The molecule has 3 fully saturated rings. The van der Waals surface area contributed by atoms with E-state index in [1.54, 1.807) is 0 Å². The van der Waals surface area contributed by atoms with Gasteiger partial charge < -0.3 is 0 Å². The third-order valence-electron chi connectivity index (χ3n) is 7.59. The van der Waals surface area contributed by atoms with Crippen molar-refractivity contribution >= 4 is 5.78 Å². The van der Waals surface area contributed by atoms with Gasteiger partial charge in [-0.15, -0.1) is 0 Å². The van der Waals surface area contributed by atoms with E-state index < -0.39 is 0 Å². The highest BCUT2D eigenvalue weighted by atomic mass is 16.1. The van der Waals surface area contributed by atoms with Crippen molar-refractivity contribution in [3.63, 3.8) is 0 Å². The van der Waals surface area contributed by atoms with Crippen molar-refractivity contribution in [1.82, 2.24) is 0 Å². The third-order valence-corrected chi connectivity index (χ3v) is 7.59. The van der Waals surface area contributed by atoms with Crippen LogP contribution in [-0.2, 0) is 4.79 Å². The van der Waals surface area contributed by atoms with Crippen LogP contribution in [-0.4, -0.2) is 5.78 Å². The topological polar surface area (TPSA) is 17.1 Å². The number of hydrogen-bond donors (Lipinski definition) is 0. The minimum Gasteiger partial charge on any atom is -0.300 e. The Morgan fingerprint density at radius 3 is 2.05 bits per heavy atom. The van der Waals surface area contributed by atoms with E-state index in [9.17, 15) is 4.79 Å². The first-order valence-electron chi connectivity index (χ1n) is 8.99. The lowest BCUT2D eigenvalue weighted by molar-refractivity contribution is -0.127. The van der Waals surface area contributed by atoms with E-state index in [0.717, 1.165) is 11.8 Å². The van der Waals surface area contributed by atoms with Crippen molar-refractivity contribution < 1.29 is 4.79 Å². The van der Waals surface area contributed by atoms with Gasteiger partial charge in [0.1, 0.15) is 5.78 Å². The molecule has 0 aliphatic heterocycles. The molecule has 3 saturated carbocycles. The molecule has 114 valence electrons. The zero-order valence-corrected chi connectivity index (χ0v) is 13.7. The van der Waals surface area contributed by atoms with Gasteiger partial charge in [-0.05, 0) is 68.1 Å². The molecule has 3 rings (SSSR count). The van der Waals surface area contributed by atoms with Crippen LogP contribution in [0.1, 0.15) is 85.0 Å². The Bertz CT molecular complexity index is 387. The molecule has 1 heteroatoms. The third kappa shape index (κ3) is 2.07. The first-order chi connectivity index (χ1) is 9.48. The van der Waals surface area contributed by atoms with E-state index in [-0.39, 0.29) is 0 Å². The van der Waals surface area contributed by atoms with E-state index >= 15 is 0 Å². The number of carbonyl (C=O) groups is 1. The summed E-state index contributed by atoms with van der Waals surface area (Å²) >= 11 is 0. The largest absolute Gasteiger partial charge is 0.300 e. The number of ketones is 1. The number of fused-ring (bicyclic) bond motifs is 3. The Hall–Kier alpha value is -0.330. The number of rotatable bonds is 1. The summed E-state index contributed by atoms with van der Waals surface area (Å²) in [4.78, 5) is 12.2. The Morgan fingerprint density at radius 1 is 0.850 bits per heavy atom. The Kier molecular flexibility index (Phi) is 3.75. The molecule has 3 aliphatic carbocycles. The normalized spacial score (nSPS) is 48.9. The average Bonchev–Trinajstić information content (AvgIpc) is 2.73. The summed E-state index contributed by atoms with van der Waals surface area (Å²) in [6.45, 7) is 6.91. The molecule has 0 aromatic rings. The van der Waals surface area contributed by atoms with Gasteiger partial charge in [0.05, 0.1) is 0 Å². The molecule has 0 N–H and O–H groups in total. The predicted octanol–water partition coefficient (Wildman–Crippen LogP) is 5.38. The van der Waals surface area contributed by atoms with E-state index in [1.165, 1.54) is 64.2 Å². The average molecular weight is 276 g/mol. The smallest absolute Gasteiger partial charge is 0.133 e. The first kappa shape index (κ1) is 14.6. The molecule has 0 bridgehead atoms. The van der Waals surface area contributed by atoms with Crippen LogP contribution < -0.4 is 0 Å². The minimum atomic E-state index is 0.302. The lowest BCUT2D eigenvalue weighted by atomic mass is 9.51. The van der Waals surface area contributed by atoms with Crippen LogP contribution >= 0.6 is 0 Å². The molecule has 0 spiro atoms. The standard InChI is InChI=1S/C19H32O/c1-14(20)16-10-11-17-18(2)12-6-4-8-15(18)9-5-7-13-19(16,17)3/h15-17H,4-13H2,1-3H3. The lowest BCUT2D eigenvalue weighted by Gasteiger charge is -2.54. The van der Waals surface area contributed by atoms with Gasteiger partial charge in [-0.2, -0.15) is 0 Å². The zero-order valence-electron chi connectivity index (χ0n) is 13.7. The van der Waals surface area contributed by atoms with E-state index in [1.807, 2.05) is 6.92 Å². The summed E-state index contributed by atoms with van der Waals surface area (Å²) in [6, 6.07) is 0. The molecule has 0 aromatic heterocycles. The summed E-state index contributed by atoms with van der Waals surface area (Å²) in [5.41, 5.74) is 0.828. The molecule has 0 saturated heterocycles. The van der Waals surface area contributed by atoms with Gasteiger partial charge in [-0.3, -0.25) is 4.79 Å². The van der Waals surface area contributed by atoms with Crippen molar-refractivity contribution in [1.29, 1.82) is 0 Å². The molecular weight excluding hydrogens is 244 g/mol. The Labute approximate surface area is 124 Å². The van der Waals surface area contributed by atoms with Gasteiger partial charge in [-0.25, -0.2) is 0 Å². The van der Waals surface area contributed by atoms with Gasteiger partial charge in [0.2, 0.25) is 0 Å². The number of Topliss-reactive ketones (excluding diaryl/α,β-unsaturated/α-hetero) is 1. The van der Waals surface area contributed by atoms with Gasteiger partial charge in [-0.1, -0.05) is 39.5 Å². The summed E-state index contributed by atoms with van der Waals surface area (Å²) in [7, 11) is 0. The van der Waals surface area contributed by atoms with Crippen LogP contribution in [0.15, 0.2) is 0 Å². The minimum absolute atomic E-state index is 0.302. The molecule has 5 unspecified atom stereocenters. The van der Waals surface area contributed by atoms with Crippen LogP contribution in [0.5, 0.6) is 0 Å². The highest BCUT2D eigenvalue weighted by Crippen LogP contribution is 2.64. The summed E-state index contributed by atoms with van der Waals surface area (Å²) < 4.78 is 0. The molecule has 20 heavy (non-hydrogen) atoms. The van der Waals surface area contributed by atoms with Crippen LogP contribution in [0.3, 0.4) is 0 Å². The SMILES string of the molecule is CC(=O)C1CCC2C3(C)CCCCC3CCCCC12C. The van der Waals surface area contributed by atoms with Gasteiger partial charge in [0.25, 0.3) is 0 Å². The van der Waals surface area contributed by atoms with Crippen LogP contribution in [0, 0.1) is 28.6 Å². The first-order valence-corrected chi connectivity index (χ1v) is 8.99. The predicted molar refractivity (Wildman–Crippen MR) is 83.5 cm³/mol. The quantitative estimate of drug-likeness (QED) is 0.628. The number of hydrogen-bond acceptors (Lipinski definition) is 1. The summed E-state index contributed by atoms with van der Waals surface area (Å²) in [5, 5.41) is 0. The molecule has 5 atom stereocenters. The number of carbonyl (C=O) groups excluding carboxylic acids is 1. The van der Waals surface area contributed by atoms with Crippen molar-refractivity contribution in [2.24, 2.45) is 28.6 Å². The highest BCUT2D eigenvalue weighted by Gasteiger charge is 2.57. The fourth-order valence-electron chi connectivity index (χ4n) is 6.59. The van der Waals surface area contributed by atoms with Gasteiger partial charge in [0.15, 0.2) is 0 Å². The van der Waals surface area contributed by atoms with Crippen molar-refractivity contribution in [3.05, 3.63) is 0 Å². The van der Waals surface area contributed by atoms with Gasteiger partial charge in [0, 0.05) is 5.92 Å². The van der Waals surface area contributed by atoms with Crippen LogP contribution in [0.4, 0.5) is 0 Å². The molecule has 0 aromatic carbocycles. The van der Waals surface area contributed by atoms with E-state index in [0.29, 0.717) is 22.5 Å². The molecule has 0 amide bonds. The molecule has 3 aliphatic rings. The summed E-state index contributed by atoms with van der Waals surface area (Å²) in [6.07, 6.45) is 13.7. The molecule has 1 nitrogen and oxygen atoms in total. The second kappa shape index (κ2) is 5.14. The second-order valence-corrected chi connectivity index (χ2v) is 8.49. The van der Waals surface area contributed by atoms with Crippen molar-refractivity contribution in [2.75, 3.05) is 0 Å². The van der Waals surface area contributed by atoms with E-state index in [2.05, 4.69) is 13.8 Å². The lowest BCUT2D eigenvalue weighted by Crippen LogP contribution is -2.47. The Balaban J connectivity index is 1.97. The zero-order chi connectivity index (χ0) is 14.4. The maximum absolute atomic E-state index is 12.2. The second-order valence-electron chi connectivity index (χ2n) is 8.49. The fourth-order valence-corrected chi connectivity index (χ4v) is 6.59. The Morgan fingerprint density at radius 2 is 1.45 bits per heavy atom. The fraction of sp³-hybridized carbons (Fsp3) is 0.947. The monoisotopic (exact) mass is 276 g/mol. The van der Waals surface area contributed by atoms with Crippen LogP contribution in [0.25, 0.3) is 0 Å². The van der Waals surface area contributed by atoms with E-state index in [4.69, 9.17) is 0 Å². The maximum Gasteiger partial charge on any atom is 0.133 e. The highest BCUT2D eigenvalue weighted by molar-refractivity contribution is 5.79. The molecular formula is C19H32O. The van der Waals surface area contributed by atoms with Gasteiger partial charge >= 0.3 is 0 Å². The van der Waals surface area contributed by atoms with Crippen molar-refractivity contribution in [3.8, 4) is 0 Å². The van der Waals surface area contributed by atoms with Crippen molar-refractivity contribution in [2.45, 2.75) is 85.0 Å².